The molecule has 0 bridgehead atoms. The lowest BCUT2D eigenvalue weighted by molar-refractivity contribution is -0.114. The van der Waals surface area contributed by atoms with Crippen LogP contribution >= 0.6 is 0 Å². The van der Waals surface area contributed by atoms with Gasteiger partial charge in [0, 0.05) is 11.8 Å². The summed E-state index contributed by atoms with van der Waals surface area (Å²) in [7, 11) is -1.51. The summed E-state index contributed by atoms with van der Waals surface area (Å²) in [5.41, 5.74) is 0.230. The second-order valence-corrected chi connectivity index (χ2v) is 8.43. The maximum atomic E-state index is 13.4. The Morgan fingerprint density at radius 3 is 2.22 bits per heavy atom. The van der Waals surface area contributed by atoms with Crippen LogP contribution in [0.15, 0.2) is 71.6 Å². The molecule has 0 heterocycles. The van der Waals surface area contributed by atoms with E-state index in [0.29, 0.717) is 5.75 Å². The highest BCUT2D eigenvalue weighted by atomic mass is 32.2. The van der Waals surface area contributed by atoms with Crippen molar-refractivity contribution in [1.29, 1.82) is 0 Å². The Balaban J connectivity index is 1.98. The monoisotopic (exact) mass is 462 g/mol. The van der Waals surface area contributed by atoms with Crippen molar-refractivity contribution in [3.63, 3.8) is 0 Å². The Kier molecular flexibility index (Phi) is 6.94. The van der Waals surface area contributed by atoms with E-state index in [2.05, 4.69) is 5.32 Å². The van der Waals surface area contributed by atoms with E-state index in [1.54, 1.807) is 0 Å². The standard InChI is InChI=1S/C22H20F2N2O5S/c1-30-20-11-10-19(13-21(20)31-2)32(28,29)26(18-8-6-15(23)7-9-18)14-22(27)25-17-5-3-4-16(24)12-17/h3-13H,14H2,1-2H3,(H,25,27). The van der Waals surface area contributed by atoms with Crippen molar-refractivity contribution in [3.05, 3.63) is 78.4 Å². The third-order valence-corrected chi connectivity index (χ3v) is 6.22. The van der Waals surface area contributed by atoms with Crippen LogP contribution < -0.4 is 19.1 Å². The third kappa shape index (κ3) is 5.14. The molecule has 3 aromatic rings. The second kappa shape index (κ2) is 9.65. The molecule has 168 valence electrons. The molecule has 1 amide bonds. The number of sulfonamides is 1. The van der Waals surface area contributed by atoms with Gasteiger partial charge < -0.3 is 14.8 Å². The van der Waals surface area contributed by atoms with Crippen LogP contribution in [0.3, 0.4) is 0 Å². The number of nitrogens with one attached hydrogen (secondary N) is 1. The first-order valence-corrected chi connectivity index (χ1v) is 10.7. The molecule has 0 saturated heterocycles. The zero-order chi connectivity index (χ0) is 23.3. The number of methoxy groups -OCH3 is 2. The van der Waals surface area contributed by atoms with Crippen molar-refractivity contribution in [2.24, 2.45) is 0 Å². The number of ether oxygens (including phenoxy) is 2. The van der Waals surface area contributed by atoms with Gasteiger partial charge in [0.15, 0.2) is 11.5 Å². The Morgan fingerprint density at radius 2 is 1.59 bits per heavy atom. The van der Waals surface area contributed by atoms with Crippen LogP contribution in [0.25, 0.3) is 0 Å². The molecule has 1 N–H and O–H groups in total. The van der Waals surface area contributed by atoms with E-state index in [-0.39, 0.29) is 22.0 Å². The van der Waals surface area contributed by atoms with Gasteiger partial charge in [-0.05, 0) is 54.6 Å². The van der Waals surface area contributed by atoms with E-state index in [1.165, 1.54) is 62.8 Å². The molecule has 0 aliphatic carbocycles. The van der Waals surface area contributed by atoms with Crippen molar-refractivity contribution >= 4 is 27.3 Å². The average Bonchev–Trinajstić information content (AvgIpc) is 2.77. The molecule has 0 fully saturated rings. The van der Waals surface area contributed by atoms with Gasteiger partial charge in [0.05, 0.1) is 24.8 Å². The second-order valence-electron chi connectivity index (χ2n) is 6.56. The van der Waals surface area contributed by atoms with Crippen LogP contribution in [0.1, 0.15) is 0 Å². The Morgan fingerprint density at radius 1 is 0.906 bits per heavy atom. The van der Waals surface area contributed by atoms with Gasteiger partial charge in [-0.15, -0.1) is 0 Å². The molecule has 10 heteroatoms. The number of nitrogens with zero attached hydrogens (tertiary/aromatic N) is 1. The molecule has 3 aromatic carbocycles. The quantitative estimate of drug-likeness (QED) is 0.550. The van der Waals surface area contributed by atoms with Gasteiger partial charge in [-0.25, -0.2) is 17.2 Å². The summed E-state index contributed by atoms with van der Waals surface area (Å²) < 4.78 is 64.8. The number of carbonyl (C=O) groups excluding carboxylic acids is 1. The van der Waals surface area contributed by atoms with Gasteiger partial charge in [-0.3, -0.25) is 9.10 Å². The molecule has 0 saturated carbocycles. The highest BCUT2D eigenvalue weighted by molar-refractivity contribution is 7.92. The van der Waals surface area contributed by atoms with Gasteiger partial charge in [-0.2, -0.15) is 0 Å². The van der Waals surface area contributed by atoms with Crippen LogP contribution in [-0.4, -0.2) is 35.1 Å². The van der Waals surface area contributed by atoms with E-state index in [0.717, 1.165) is 22.5 Å². The molecule has 0 aromatic heterocycles. The van der Waals surface area contributed by atoms with E-state index in [1.807, 2.05) is 0 Å². The lowest BCUT2D eigenvalue weighted by Gasteiger charge is -2.24. The molecule has 0 aliphatic rings. The smallest absolute Gasteiger partial charge is 0.264 e. The fourth-order valence-electron chi connectivity index (χ4n) is 2.92. The molecule has 0 aliphatic heterocycles. The topological polar surface area (TPSA) is 84.9 Å². The number of amides is 1. The van der Waals surface area contributed by atoms with E-state index in [9.17, 15) is 22.0 Å². The highest BCUT2D eigenvalue weighted by Crippen LogP contribution is 2.32. The molecule has 0 atom stereocenters. The van der Waals surface area contributed by atoms with Crippen LogP contribution in [0, 0.1) is 11.6 Å². The number of hydrogen-bond donors (Lipinski definition) is 1. The fourth-order valence-corrected chi connectivity index (χ4v) is 4.36. The Labute approximate surface area is 184 Å². The summed E-state index contributed by atoms with van der Waals surface area (Å²) in [6.07, 6.45) is 0. The van der Waals surface area contributed by atoms with Crippen LogP contribution in [-0.2, 0) is 14.8 Å². The maximum Gasteiger partial charge on any atom is 0.264 e. The summed E-state index contributed by atoms with van der Waals surface area (Å²) >= 11 is 0. The molecule has 0 spiro atoms. The van der Waals surface area contributed by atoms with Crippen molar-refractivity contribution in [2.45, 2.75) is 4.90 Å². The van der Waals surface area contributed by atoms with Gasteiger partial charge in [0.1, 0.15) is 18.2 Å². The summed E-state index contributed by atoms with van der Waals surface area (Å²) in [6.45, 7) is -0.640. The Bertz CT molecular complexity index is 1220. The normalized spacial score (nSPS) is 11.0. The van der Waals surface area contributed by atoms with Crippen molar-refractivity contribution in [2.75, 3.05) is 30.4 Å². The predicted molar refractivity (Wildman–Crippen MR) is 116 cm³/mol. The van der Waals surface area contributed by atoms with E-state index >= 15 is 0 Å². The molecule has 32 heavy (non-hydrogen) atoms. The summed E-state index contributed by atoms with van der Waals surface area (Å²) in [5, 5.41) is 2.45. The highest BCUT2D eigenvalue weighted by Gasteiger charge is 2.28. The van der Waals surface area contributed by atoms with Crippen LogP contribution in [0.2, 0.25) is 0 Å². The molecule has 3 rings (SSSR count). The lowest BCUT2D eigenvalue weighted by atomic mass is 10.3. The first-order valence-electron chi connectivity index (χ1n) is 9.30. The van der Waals surface area contributed by atoms with E-state index < -0.39 is 34.1 Å². The zero-order valence-corrected chi connectivity index (χ0v) is 18.0. The third-order valence-electron chi connectivity index (χ3n) is 4.45. The minimum absolute atomic E-state index is 0.0653. The maximum absolute atomic E-state index is 13.4. The molecular formula is C22H20F2N2O5S. The molecule has 0 radical (unpaired) electrons. The summed E-state index contributed by atoms with van der Waals surface area (Å²) in [4.78, 5) is 12.4. The number of anilines is 2. The van der Waals surface area contributed by atoms with E-state index in [4.69, 9.17) is 9.47 Å². The largest absolute Gasteiger partial charge is 0.493 e. The average molecular weight is 462 g/mol. The zero-order valence-electron chi connectivity index (χ0n) is 17.2. The van der Waals surface area contributed by atoms with Crippen molar-refractivity contribution in [3.8, 4) is 11.5 Å². The van der Waals surface area contributed by atoms with Crippen LogP contribution in [0.5, 0.6) is 11.5 Å². The number of carbonyl (C=O) groups is 1. The van der Waals surface area contributed by atoms with Crippen molar-refractivity contribution in [1.82, 2.24) is 0 Å². The minimum Gasteiger partial charge on any atom is -0.493 e. The lowest BCUT2D eigenvalue weighted by Crippen LogP contribution is -2.38. The fraction of sp³-hybridized carbons (Fsp3) is 0.136. The van der Waals surface area contributed by atoms with Gasteiger partial charge in [0.2, 0.25) is 5.91 Å². The Hall–Kier alpha value is -3.66. The summed E-state index contributed by atoms with van der Waals surface area (Å²) in [6, 6.07) is 13.8. The minimum atomic E-state index is -4.28. The number of benzene rings is 3. The van der Waals surface area contributed by atoms with Gasteiger partial charge in [-0.1, -0.05) is 6.07 Å². The number of halogens is 2. The first kappa shape index (κ1) is 23.0. The number of hydrogen-bond acceptors (Lipinski definition) is 5. The first-order chi connectivity index (χ1) is 15.2. The van der Waals surface area contributed by atoms with Gasteiger partial charge >= 0.3 is 0 Å². The number of rotatable bonds is 8. The molecular weight excluding hydrogens is 442 g/mol. The summed E-state index contributed by atoms with van der Waals surface area (Å²) in [5.74, 6) is -1.35. The van der Waals surface area contributed by atoms with Crippen LogP contribution in [0.4, 0.5) is 20.2 Å². The van der Waals surface area contributed by atoms with Gasteiger partial charge in [0.25, 0.3) is 10.0 Å². The SMILES string of the molecule is COc1ccc(S(=O)(=O)N(CC(=O)Nc2cccc(F)c2)c2ccc(F)cc2)cc1OC. The van der Waals surface area contributed by atoms with Crippen molar-refractivity contribution < 1.29 is 31.5 Å². The molecule has 0 unspecified atom stereocenters. The molecule has 7 nitrogen and oxygen atoms in total. The predicted octanol–water partition coefficient (Wildman–Crippen LogP) is 3.82.